The second-order valence-corrected chi connectivity index (χ2v) is 3.33. The van der Waals surface area contributed by atoms with Gasteiger partial charge in [-0.3, -0.25) is 4.79 Å². The van der Waals surface area contributed by atoms with Gasteiger partial charge in [-0.25, -0.2) is 4.79 Å². The first-order valence-corrected chi connectivity index (χ1v) is 3.47. The van der Waals surface area contributed by atoms with Crippen LogP contribution >= 0.6 is 0 Å². The molecular weight excluding hydrogens is 162 g/mol. The van der Waals surface area contributed by atoms with Crippen LogP contribution in [0.25, 0.3) is 0 Å². The number of carbonyl (C=O) groups excluding carboxylic acids is 1. The van der Waals surface area contributed by atoms with Crippen molar-refractivity contribution in [1.29, 1.82) is 0 Å². The molecule has 0 aliphatic heterocycles. The van der Waals surface area contributed by atoms with Crippen molar-refractivity contribution in [2.75, 3.05) is 0 Å². The van der Waals surface area contributed by atoms with E-state index in [1.807, 2.05) is 0 Å². The fourth-order valence-corrected chi connectivity index (χ4v) is 0.591. The highest BCUT2D eigenvalue weighted by atomic mass is 16.7. The zero-order chi connectivity index (χ0) is 9.94. The number of hydrogen-bond donors (Lipinski definition) is 1. The fraction of sp³-hybridized carbons (Fsp3) is 0.714. The van der Waals surface area contributed by atoms with Crippen LogP contribution in [-0.4, -0.2) is 27.8 Å². The molecule has 0 aromatic heterocycles. The van der Waals surface area contributed by atoms with E-state index in [1.165, 1.54) is 0 Å². The Balaban J connectivity index is 4.46. The van der Waals surface area contributed by atoms with Crippen molar-refractivity contribution in [3.8, 4) is 0 Å². The largest absolute Gasteiger partial charge is 0.463 e. The van der Waals surface area contributed by atoms with Crippen molar-refractivity contribution in [3.63, 3.8) is 0 Å². The molecule has 0 spiro atoms. The summed E-state index contributed by atoms with van der Waals surface area (Å²) in [7, 11) is 0. The van der Waals surface area contributed by atoms with Crippen LogP contribution in [-0.2, 0) is 9.63 Å². The van der Waals surface area contributed by atoms with Gasteiger partial charge >= 0.3 is 12.1 Å². The summed E-state index contributed by atoms with van der Waals surface area (Å²) in [6.45, 7) is 6.04. The van der Waals surface area contributed by atoms with E-state index in [0.29, 0.717) is 5.06 Å². The lowest BCUT2D eigenvalue weighted by atomic mass is 10.1. The third-order valence-electron chi connectivity index (χ3n) is 1.00. The smallest absolute Gasteiger partial charge is 0.441 e. The first-order chi connectivity index (χ1) is 5.25. The third kappa shape index (κ3) is 3.23. The minimum atomic E-state index is -1.28. The Hall–Kier alpha value is -1.26. The first-order valence-electron chi connectivity index (χ1n) is 3.47. The van der Waals surface area contributed by atoms with Crippen molar-refractivity contribution < 1.29 is 19.5 Å². The third-order valence-corrected chi connectivity index (χ3v) is 1.00. The summed E-state index contributed by atoms with van der Waals surface area (Å²) in [4.78, 5) is 25.5. The maximum absolute atomic E-state index is 10.5. The molecule has 0 saturated carbocycles. The van der Waals surface area contributed by atoms with Gasteiger partial charge in [0.1, 0.15) is 0 Å². The molecule has 0 aromatic rings. The lowest BCUT2D eigenvalue weighted by molar-refractivity contribution is -0.195. The van der Waals surface area contributed by atoms with E-state index < -0.39 is 17.6 Å². The number of carboxylic acid groups (broad SMARTS) is 1. The van der Waals surface area contributed by atoms with Crippen molar-refractivity contribution in [2.24, 2.45) is 0 Å². The van der Waals surface area contributed by atoms with E-state index in [1.54, 1.807) is 20.8 Å². The SMILES string of the molecule is CC(=O)ON(C(=O)O)C(C)(C)C. The number of hydroxylamine groups is 2. The van der Waals surface area contributed by atoms with Gasteiger partial charge in [0.25, 0.3) is 0 Å². The van der Waals surface area contributed by atoms with Crippen LogP contribution in [0.5, 0.6) is 0 Å². The monoisotopic (exact) mass is 175 g/mol. The average molecular weight is 175 g/mol. The molecule has 0 unspecified atom stereocenters. The van der Waals surface area contributed by atoms with Crippen LogP contribution in [0.2, 0.25) is 0 Å². The molecule has 1 N–H and O–H groups in total. The number of nitrogens with zero attached hydrogens (tertiary/aromatic N) is 1. The highest BCUT2D eigenvalue weighted by Crippen LogP contribution is 2.13. The number of carbonyl (C=O) groups is 2. The highest BCUT2D eigenvalue weighted by molar-refractivity contribution is 5.70. The van der Waals surface area contributed by atoms with Crippen molar-refractivity contribution in [1.82, 2.24) is 5.06 Å². The predicted octanol–water partition coefficient (Wildman–Crippen LogP) is 1.24. The number of hydrogen-bond acceptors (Lipinski definition) is 3. The second-order valence-electron chi connectivity index (χ2n) is 3.33. The summed E-state index contributed by atoms with van der Waals surface area (Å²) >= 11 is 0. The van der Waals surface area contributed by atoms with Crippen molar-refractivity contribution in [2.45, 2.75) is 33.2 Å². The summed E-state index contributed by atoms with van der Waals surface area (Å²) in [5, 5.41) is 9.23. The lowest BCUT2D eigenvalue weighted by Crippen LogP contribution is -2.45. The predicted molar refractivity (Wildman–Crippen MR) is 41.4 cm³/mol. The maximum atomic E-state index is 10.5. The number of amides is 1. The zero-order valence-corrected chi connectivity index (χ0v) is 7.62. The topological polar surface area (TPSA) is 66.8 Å². The second kappa shape index (κ2) is 3.42. The maximum Gasteiger partial charge on any atom is 0.441 e. The van der Waals surface area contributed by atoms with Crippen LogP contribution < -0.4 is 0 Å². The molecule has 0 atom stereocenters. The van der Waals surface area contributed by atoms with E-state index in [2.05, 4.69) is 4.84 Å². The summed E-state index contributed by atoms with van der Waals surface area (Å²) < 4.78 is 0. The Labute approximate surface area is 70.9 Å². The molecule has 0 rings (SSSR count). The van der Waals surface area contributed by atoms with E-state index in [9.17, 15) is 9.59 Å². The first kappa shape index (κ1) is 10.7. The van der Waals surface area contributed by atoms with E-state index >= 15 is 0 Å². The molecule has 12 heavy (non-hydrogen) atoms. The molecule has 1 amide bonds. The summed E-state index contributed by atoms with van der Waals surface area (Å²) in [5.74, 6) is -0.646. The molecule has 0 bridgehead atoms. The summed E-state index contributed by atoms with van der Waals surface area (Å²) in [6, 6.07) is 0. The molecule has 70 valence electrons. The molecule has 0 heterocycles. The van der Waals surface area contributed by atoms with Crippen LogP contribution in [0.15, 0.2) is 0 Å². The van der Waals surface area contributed by atoms with Crippen LogP contribution in [0.1, 0.15) is 27.7 Å². The van der Waals surface area contributed by atoms with Gasteiger partial charge in [-0.2, -0.15) is 0 Å². The van der Waals surface area contributed by atoms with Gasteiger partial charge in [0.2, 0.25) is 0 Å². The quantitative estimate of drug-likeness (QED) is 0.562. The molecule has 5 heteroatoms. The minimum absolute atomic E-state index is 0.620. The Bertz CT molecular complexity index is 194. The Morgan fingerprint density at radius 3 is 1.83 bits per heavy atom. The highest BCUT2D eigenvalue weighted by Gasteiger charge is 2.29. The molecule has 0 radical (unpaired) electrons. The minimum Gasteiger partial charge on any atom is -0.463 e. The normalized spacial score (nSPS) is 10.7. The van der Waals surface area contributed by atoms with Crippen molar-refractivity contribution in [3.05, 3.63) is 0 Å². The number of rotatable bonds is 0. The van der Waals surface area contributed by atoms with Gasteiger partial charge in [0.15, 0.2) is 0 Å². The Kier molecular flexibility index (Phi) is 3.06. The van der Waals surface area contributed by atoms with Gasteiger partial charge < -0.3 is 9.94 Å². The summed E-state index contributed by atoms with van der Waals surface area (Å²) in [5.41, 5.74) is -0.739. The Morgan fingerprint density at radius 1 is 1.33 bits per heavy atom. The molecule has 0 aromatic carbocycles. The fourth-order valence-electron chi connectivity index (χ4n) is 0.591. The summed E-state index contributed by atoms with van der Waals surface area (Å²) in [6.07, 6.45) is -1.28. The van der Waals surface area contributed by atoms with Gasteiger partial charge in [0.05, 0.1) is 5.54 Å². The molecule has 0 saturated heterocycles. The lowest BCUT2D eigenvalue weighted by Gasteiger charge is -2.29. The van der Waals surface area contributed by atoms with Gasteiger partial charge in [0, 0.05) is 6.92 Å². The van der Waals surface area contributed by atoms with Crippen LogP contribution in [0, 0.1) is 0 Å². The molecule has 5 nitrogen and oxygen atoms in total. The van der Waals surface area contributed by atoms with Gasteiger partial charge in [-0.15, -0.1) is 5.06 Å². The van der Waals surface area contributed by atoms with E-state index in [4.69, 9.17) is 5.11 Å². The zero-order valence-electron chi connectivity index (χ0n) is 7.62. The molecule has 0 fully saturated rings. The standard InChI is InChI=1S/C7H13NO4/c1-5(9)12-8(6(10)11)7(2,3)4/h1-4H3,(H,10,11). The van der Waals surface area contributed by atoms with Crippen molar-refractivity contribution >= 4 is 12.1 Å². The van der Waals surface area contributed by atoms with Crippen LogP contribution in [0.4, 0.5) is 4.79 Å². The van der Waals surface area contributed by atoms with Gasteiger partial charge in [-0.1, -0.05) is 0 Å². The van der Waals surface area contributed by atoms with E-state index in [0.717, 1.165) is 6.92 Å². The van der Waals surface area contributed by atoms with Crippen LogP contribution in [0.3, 0.4) is 0 Å². The molecule has 0 aliphatic carbocycles. The average Bonchev–Trinajstić information content (AvgIpc) is 1.79. The molecular formula is C7H13NO4. The molecule has 0 aliphatic rings. The Morgan fingerprint density at radius 2 is 1.75 bits per heavy atom. The van der Waals surface area contributed by atoms with E-state index in [-0.39, 0.29) is 0 Å². The van der Waals surface area contributed by atoms with Gasteiger partial charge in [-0.05, 0) is 20.8 Å².